The minimum Gasteiger partial charge on any atom is -0.272 e. The summed E-state index contributed by atoms with van der Waals surface area (Å²) in [6.45, 7) is 0. The number of hydrazone groups is 1. The van der Waals surface area contributed by atoms with Crippen LogP contribution >= 0.6 is 23.1 Å². The molecule has 0 saturated heterocycles. The van der Waals surface area contributed by atoms with E-state index in [1.54, 1.807) is 10.5 Å². The number of carbonyl (C=O) groups is 1. The first-order chi connectivity index (χ1) is 15.3. The highest BCUT2D eigenvalue weighted by Gasteiger charge is 2.43. The van der Waals surface area contributed by atoms with Gasteiger partial charge in [0, 0.05) is 5.92 Å². The largest absolute Gasteiger partial charge is 0.272 e. The van der Waals surface area contributed by atoms with Crippen molar-refractivity contribution in [2.24, 2.45) is 11.0 Å². The first kappa shape index (κ1) is 20.2. The maximum absolute atomic E-state index is 13.3. The van der Waals surface area contributed by atoms with Crippen LogP contribution < -0.4 is 0 Å². The molecule has 2 aliphatic rings. The Morgan fingerprint density at radius 1 is 1.13 bits per heavy atom. The molecule has 0 radical (unpaired) electrons. The molecule has 2 unspecified atom stereocenters. The third-order valence-corrected chi connectivity index (χ3v) is 7.54. The molecule has 1 fully saturated rings. The topological polar surface area (TPSA) is 58.5 Å². The summed E-state index contributed by atoms with van der Waals surface area (Å²) in [6, 6.07) is 20.6. The number of thioether (sulfide) groups is 1. The molecule has 2 atom stereocenters. The highest BCUT2D eigenvalue weighted by atomic mass is 32.2. The molecular formula is C24H22N4OS2. The fourth-order valence-electron chi connectivity index (χ4n) is 4.36. The fraction of sp³-hybridized carbons (Fsp3) is 0.250. The Kier molecular flexibility index (Phi) is 5.95. The fourth-order valence-corrected chi connectivity index (χ4v) is 5.70. The van der Waals surface area contributed by atoms with Crippen LogP contribution in [0.25, 0.3) is 6.08 Å². The molecule has 1 amide bonds. The van der Waals surface area contributed by atoms with Gasteiger partial charge in [-0.15, -0.1) is 10.2 Å². The lowest BCUT2D eigenvalue weighted by molar-refractivity contribution is -0.130. The van der Waals surface area contributed by atoms with Gasteiger partial charge >= 0.3 is 0 Å². The maximum atomic E-state index is 13.3. The van der Waals surface area contributed by atoms with Gasteiger partial charge in [-0.3, -0.25) is 4.79 Å². The molecule has 156 valence electrons. The zero-order valence-electron chi connectivity index (χ0n) is 16.9. The molecule has 0 spiro atoms. The van der Waals surface area contributed by atoms with Crippen LogP contribution in [-0.2, 0) is 4.79 Å². The number of benzene rings is 2. The number of carbonyl (C=O) groups excluding carboxylic acids is 1. The Morgan fingerprint density at radius 3 is 2.65 bits per heavy atom. The molecule has 31 heavy (non-hydrogen) atoms. The summed E-state index contributed by atoms with van der Waals surface area (Å²) in [6.07, 6.45) is 5.37. The number of hydrogen-bond donors (Lipinski definition) is 0. The van der Waals surface area contributed by atoms with Gasteiger partial charge in [-0.1, -0.05) is 83.8 Å². The van der Waals surface area contributed by atoms with Crippen molar-refractivity contribution in [3.05, 3.63) is 82.9 Å². The normalized spacial score (nSPS) is 21.7. The van der Waals surface area contributed by atoms with Crippen LogP contribution in [-0.4, -0.2) is 32.6 Å². The van der Waals surface area contributed by atoms with Crippen molar-refractivity contribution in [3.8, 4) is 0 Å². The monoisotopic (exact) mass is 446 g/mol. The second-order valence-corrected chi connectivity index (χ2v) is 9.71. The first-order valence-electron chi connectivity index (χ1n) is 10.4. The van der Waals surface area contributed by atoms with Gasteiger partial charge in [-0.2, -0.15) is 5.10 Å². The standard InChI is InChI=1S/C24H22N4OS2/c29-21(15-30-24-26-25-16-31-24)28-23(18-10-5-2-6-11-18)20-13-7-12-19(22(20)27-28)14-17-8-3-1-4-9-17/h1-6,8-11,14,16,20,23H,7,12-13,15H2/b19-14-. The van der Waals surface area contributed by atoms with Crippen molar-refractivity contribution in [2.75, 3.05) is 5.75 Å². The molecule has 0 bridgehead atoms. The minimum absolute atomic E-state index is 0.00927. The summed E-state index contributed by atoms with van der Waals surface area (Å²) >= 11 is 2.88. The molecular weight excluding hydrogens is 424 g/mol. The summed E-state index contributed by atoms with van der Waals surface area (Å²) in [5.74, 6) is 0.538. The van der Waals surface area contributed by atoms with Crippen molar-refractivity contribution in [3.63, 3.8) is 0 Å². The van der Waals surface area contributed by atoms with E-state index in [-0.39, 0.29) is 17.9 Å². The maximum Gasteiger partial charge on any atom is 0.253 e. The van der Waals surface area contributed by atoms with Crippen LogP contribution in [0.1, 0.15) is 36.4 Å². The van der Waals surface area contributed by atoms with Crippen LogP contribution in [0.4, 0.5) is 0 Å². The van der Waals surface area contributed by atoms with Gasteiger partial charge in [-0.25, -0.2) is 5.01 Å². The van der Waals surface area contributed by atoms with Gasteiger partial charge in [-0.05, 0) is 42.0 Å². The van der Waals surface area contributed by atoms with Crippen LogP contribution in [0.5, 0.6) is 0 Å². The zero-order valence-corrected chi connectivity index (χ0v) is 18.6. The van der Waals surface area contributed by atoms with Crippen LogP contribution in [0.15, 0.2) is 81.2 Å². The third-order valence-electron chi connectivity index (χ3n) is 5.70. The van der Waals surface area contributed by atoms with E-state index in [1.807, 2.05) is 24.3 Å². The second-order valence-electron chi connectivity index (χ2n) is 7.65. The summed E-state index contributed by atoms with van der Waals surface area (Å²) in [5.41, 5.74) is 6.31. The second kappa shape index (κ2) is 9.16. The minimum atomic E-state index is -0.0572. The number of rotatable bonds is 5. The van der Waals surface area contributed by atoms with E-state index in [1.165, 1.54) is 34.2 Å². The molecule has 1 aliphatic heterocycles. The van der Waals surface area contributed by atoms with Crippen LogP contribution in [0.3, 0.4) is 0 Å². The van der Waals surface area contributed by atoms with Gasteiger partial charge in [0.1, 0.15) is 5.51 Å². The third kappa shape index (κ3) is 4.34. The summed E-state index contributed by atoms with van der Waals surface area (Å²) in [4.78, 5) is 13.3. The van der Waals surface area contributed by atoms with Crippen LogP contribution in [0.2, 0.25) is 0 Å². The molecule has 1 saturated carbocycles. The molecule has 2 aromatic carbocycles. The van der Waals surface area contributed by atoms with Crippen molar-refractivity contribution >= 4 is 40.8 Å². The number of hydrogen-bond acceptors (Lipinski definition) is 6. The number of allylic oxidation sites excluding steroid dienone is 1. The van der Waals surface area contributed by atoms with E-state index in [0.717, 1.165) is 34.9 Å². The smallest absolute Gasteiger partial charge is 0.253 e. The highest BCUT2D eigenvalue weighted by molar-refractivity contribution is 8.01. The molecule has 1 aliphatic carbocycles. The number of nitrogens with zero attached hydrogens (tertiary/aromatic N) is 4. The van der Waals surface area contributed by atoms with E-state index in [0.29, 0.717) is 5.75 Å². The van der Waals surface area contributed by atoms with E-state index in [4.69, 9.17) is 5.10 Å². The predicted molar refractivity (Wildman–Crippen MR) is 126 cm³/mol. The summed E-state index contributed by atoms with van der Waals surface area (Å²) in [5, 5.41) is 14.6. The lowest BCUT2D eigenvalue weighted by atomic mass is 9.77. The molecule has 1 aromatic heterocycles. The lowest BCUT2D eigenvalue weighted by Crippen LogP contribution is -2.32. The Labute approximate surface area is 189 Å². The van der Waals surface area contributed by atoms with Gasteiger partial charge in [0.2, 0.25) is 0 Å². The number of aromatic nitrogens is 2. The number of fused-ring (bicyclic) bond motifs is 1. The molecule has 5 rings (SSSR count). The Hall–Kier alpha value is -2.77. The predicted octanol–water partition coefficient (Wildman–Crippen LogP) is 5.45. The first-order valence-corrected chi connectivity index (χ1v) is 12.3. The zero-order chi connectivity index (χ0) is 21.0. The summed E-state index contributed by atoms with van der Waals surface area (Å²) in [7, 11) is 0. The van der Waals surface area contributed by atoms with Gasteiger partial charge in [0.25, 0.3) is 5.91 Å². The quantitative estimate of drug-likeness (QED) is 0.489. The lowest BCUT2D eigenvalue weighted by Gasteiger charge is -2.29. The SMILES string of the molecule is O=C(CSc1nncs1)N1N=C2/C(=C\c3ccccc3)CCCC2C1c1ccccc1. The van der Waals surface area contributed by atoms with Crippen molar-refractivity contribution in [1.29, 1.82) is 0 Å². The number of amides is 1. The Balaban J connectivity index is 1.47. The average Bonchev–Trinajstić information content (AvgIpc) is 3.47. The Bertz CT molecular complexity index is 1100. The Morgan fingerprint density at radius 2 is 1.90 bits per heavy atom. The molecule has 3 aromatic rings. The molecule has 0 N–H and O–H groups in total. The molecule has 2 heterocycles. The van der Waals surface area contributed by atoms with E-state index in [9.17, 15) is 4.79 Å². The molecule has 7 heteroatoms. The highest BCUT2D eigenvalue weighted by Crippen LogP contribution is 2.44. The van der Waals surface area contributed by atoms with E-state index < -0.39 is 0 Å². The van der Waals surface area contributed by atoms with E-state index in [2.05, 4.69) is 52.7 Å². The van der Waals surface area contributed by atoms with Crippen molar-refractivity contribution in [1.82, 2.24) is 15.2 Å². The summed E-state index contributed by atoms with van der Waals surface area (Å²) < 4.78 is 0.804. The van der Waals surface area contributed by atoms with Crippen LogP contribution in [0, 0.1) is 5.92 Å². The van der Waals surface area contributed by atoms with E-state index >= 15 is 0 Å². The molecule has 5 nitrogen and oxygen atoms in total. The van der Waals surface area contributed by atoms with Gasteiger partial charge in [0.15, 0.2) is 4.34 Å². The van der Waals surface area contributed by atoms with Crippen molar-refractivity contribution < 1.29 is 4.79 Å². The average molecular weight is 447 g/mol. The van der Waals surface area contributed by atoms with Gasteiger partial charge < -0.3 is 0 Å². The van der Waals surface area contributed by atoms with Gasteiger partial charge in [0.05, 0.1) is 17.5 Å². The van der Waals surface area contributed by atoms with Crippen molar-refractivity contribution in [2.45, 2.75) is 29.6 Å².